The van der Waals surface area contributed by atoms with Crippen LogP contribution in [0.1, 0.15) is 35.0 Å². The van der Waals surface area contributed by atoms with Crippen molar-refractivity contribution in [3.05, 3.63) is 41.1 Å². The Morgan fingerprint density at radius 1 is 1.42 bits per heavy atom. The van der Waals surface area contributed by atoms with Gasteiger partial charge in [0, 0.05) is 25.1 Å². The first-order valence-corrected chi connectivity index (χ1v) is 8.52. The van der Waals surface area contributed by atoms with Crippen LogP contribution in [-0.4, -0.2) is 47.3 Å². The number of carbonyl (C=O) groups excluding carboxylic acids is 1. The molecule has 1 fully saturated rings. The summed E-state index contributed by atoms with van der Waals surface area (Å²) in [5, 5.41) is 10.3. The minimum absolute atomic E-state index is 0.214. The molecule has 3 rings (SSSR count). The number of rotatable bonds is 5. The number of benzene rings is 1. The molecule has 0 radical (unpaired) electrons. The van der Waals surface area contributed by atoms with Gasteiger partial charge in [-0.1, -0.05) is 18.2 Å². The van der Waals surface area contributed by atoms with E-state index in [-0.39, 0.29) is 12.6 Å². The molecule has 0 bridgehead atoms. The number of likely N-dealkylation sites (tertiary alicyclic amines) is 1. The molecule has 1 aliphatic rings. The summed E-state index contributed by atoms with van der Waals surface area (Å²) in [6.07, 6.45) is 0.984. The molecule has 0 saturated carbocycles. The molecule has 1 aliphatic heterocycles. The molecule has 1 aromatic carbocycles. The number of aromatic nitrogens is 1. The highest BCUT2D eigenvalue weighted by Crippen LogP contribution is 2.26. The fraction of sp³-hybridized carbons (Fsp3) is 0.474. The molecule has 5 heteroatoms. The average molecular weight is 328 g/mol. The molecule has 24 heavy (non-hydrogen) atoms. The largest absolute Gasteiger partial charge is 0.462 e. The standard InChI is InChI=1S/C19H24N2O3/c1-3-24-19(23)18-13(2)15-6-4-5-7-16(15)20-17(18)11-21-9-8-14(10-21)12-22/h4-7,14,22H,3,8-12H2,1-2H3. The summed E-state index contributed by atoms with van der Waals surface area (Å²) >= 11 is 0. The number of ether oxygens (including phenoxy) is 1. The Labute approximate surface area is 142 Å². The van der Waals surface area contributed by atoms with Gasteiger partial charge < -0.3 is 9.84 Å². The first-order valence-electron chi connectivity index (χ1n) is 8.52. The third-order valence-electron chi connectivity index (χ3n) is 4.71. The molecule has 5 nitrogen and oxygen atoms in total. The van der Waals surface area contributed by atoms with Gasteiger partial charge in [-0.2, -0.15) is 0 Å². The van der Waals surface area contributed by atoms with E-state index in [0.717, 1.165) is 41.7 Å². The molecule has 0 aliphatic carbocycles. The quantitative estimate of drug-likeness (QED) is 0.855. The molecule has 0 amide bonds. The zero-order valence-corrected chi connectivity index (χ0v) is 14.3. The molecule has 1 aromatic heterocycles. The maximum absolute atomic E-state index is 12.5. The van der Waals surface area contributed by atoms with Gasteiger partial charge in [-0.05, 0) is 44.4 Å². The van der Waals surface area contributed by atoms with Gasteiger partial charge in [0.05, 0.1) is 23.4 Å². The molecule has 1 N–H and O–H groups in total. The normalized spacial score (nSPS) is 18.2. The van der Waals surface area contributed by atoms with Crippen LogP contribution in [0.5, 0.6) is 0 Å². The summed E-state index contributed by atoms with van der Waals surface area (Å²) < 4.78 is 5.27. The third kappa shape index (κ3) is 3.28. The number of aliphatic hydroxyl groups excluding tert-OH is 1. The van der Waals surface area contributed by atoms with Gasteiger partial charge in [-0.15, -0.1) is 0 Å². The predicted molar refractivity (Wildman–Crippen MR) is 92.9 cm³/mol. The van der Waals surface area contributed by atoms with Crippen molar-refractivity contribution in [1.82, 2.24) is 9.88 Å². The number of nitrogens with zero attached hydrogens (tertiary/aromatic N) is 2. The third-order valence-corrected chi connectivity index (χ3v) is 4.71. The van der Waals surface area contributed by atoms with Crippen LogP contribution in [0.15, 0.2) is 24.3 Å². The summed E-state index contributed by atoms with van der Waals surface area (Å²) in [7, 11) is 0. The number of aryl methyl sites for hydroxylation is 1. The molecule has 2 aromatic rings. The average Bonchev–Trinajstić information content (AvgIpc) is 3.03. The Morgan fingerprint density at radius 3 is 2.92 bits per heavy atom. The highest BCUT2D eigenvalue weighted by Gasteiger charge is 2.26. The van der Waals surface area contributed by atoms with Crippen LogP contribution in [0.3, 0.4) is 0 Å². The Bertz CT molecular complexity index is 745. The monoisotopic (exact) mass is 328 g/mol. The fourth-order valence-electron chi connectivity index (χ4n) is 3.45. The van der Waals surface area contributed by atoms with Gasteiger partial charge >= 0.3 is 5.97 Å². The van der Waals surface area contributed by atoms with Crippen molar-refractivity contribution in [2.75, 3.05) is 26.3 Å². The van der Waals surface area contributed by atoms with Gasteiger partial charge in [0.1, 0.15) is 0 Å². The van der Waals surface area contributed by atoms with Crippen LogP contribution < -0.4 is 0 Å². The smallest absolute Gasteiger partial charge is 0.340 e. The number of esters is 1. The van der Waals surface area contributed by atoms with E-state index in [1.807, 2.05) is 38.1 Å². The molecule has 2 heterocycles. The van der Waals surface area contributed by atoms with Crippen molar-refractivity contribution in [3.63, 3.8) is 0 Å². The van der Waals surface area contributed by atoms with Crippen molar-refractivity contribution in [1.29, 1.82) is 0 Å². The lowest BCUT2D eigenvalue weighted by atomic mass is 10.0. The van der Waals surface area contributed by atoms with Crippen molar-refractivity contribution >= 4 is 16.9 Å². The summed E-state index contributed by atoms with van der Waals surface area (Å²) in [6.45, 7) is 6.70. The van der Waals surface area contributed by atoms with Crippen molar-refractivity contribution in [3.8, 4) is 0 Å². The van der Waals surface area contributed by atoms with Crippen molar-refractivity contribution < 1.29 is 14.6 Å². The molecule has 1 unspecified atom stereocenters. The molecule has 1 saturated heterocycles. The summed E-state index contributed by atoms with van der Waals surface area (Å²) in [5.74, 6) is 0.0127. The summed E-state index contributed by atoms with van der Waals surface area (Å²) in [5.41, 5.74) is 3.18. The second-order valence-corrected chi connectivity index (χ2v) is 6.37. The number of para-hydroxylation sites is 1. The first kappa shape index (κ1) is 16.9. The van der Waals surface area contributed by atoms with E-state index in [4.69, 9.17) is 9.72 Å². The Hall–Kier alpha value is -1.98. The van der Waals surface area contributed by atoms with Crippen LogP contribution >= 0.6 is 0 Å². The minimum atomic E-state index is -0.304. The molecule has 128 valence electrons. The number of hydrogen-bond acceptors (Lipinski definition) is 5. The summed E-state index contributed by atoms with van der Waals surface area (Å²) in [4.78, 5) is 19.5. The summed E-state index contributed by atoms with van der Waals surface area (Å²) in [6, 6.07) is 7.88. The molecular weight excluding hydrogens is 304 g/mol. The number of fused-ring (bicyclic) bond motifs is 1. The zero-order valence-electron chi connectivity index (χ0n) is 14.3. The van der Waals surface area contributed by atoms with Crippen LogP contribution in [0, 0.1) is 12.8 Å². The molecular formula is C19H24N2O3. The van der Waals surface area contributed by atoms with Crippen molar-refractivity contribution in [2.45, 2.75) is 26.8 Å². The van der Waals surface area contributed by atoms with E-state index in [2.05, 4.69) is 4.90 Å². The van der Waals surface area contributed by atoms with E-state index < -0.39 is 0 Å². The Balaban J connectivity index is 2.00. The van der Waals surface area contributed by atoms with Gasteiger partial charge in [0.15, 0.2) is 0 Å². The Kier molecular flexibility index (Phi) is 5.11. The topological polar surface area (TPSA) is 62.7 Å². The van der Waals surface area contributed by atoms with Crippen LogP contribution in [0.2, 0.25) is 0 Å². The molecule has 0 spiro atoms. The second kappa shape index (κ2) is 7.28. The van der Waals surface area contributed by atoms with Gasteiger partial charge in [-0.25, -0.2) is 4.79 Å². The highest BCUT2D eigenvalue weighted by molar-refractivity contribution is 5.98. The van der Waals surface area contributed by atoms with Gasteiger partial charge in [0.25, 0.3) is 0 Å². The van der Waals surface area contributed by atoms with Crippen LogP contribution in [0.4, 0.5) is 0 Å². The van der Waals surface area contributed by atoms with E-state index in [0.29, 0.717) is 24.6 Å². The fourth-order valence-corrected chi connectivity index (χ4v) is 3.45. The highest BCUT2D eigenvalue weighted by atomic mass is 16.5. The lowest BCUT2D eigenvalue weighted by molar-refractivity contribution is 0.0522. The van der Waals surface area contributed by atoms with Crippen LogP contribution in [0.25, 0.3) is 10.9 Å². The van der Waals surface area contributed by atoms with Gasteiger partial charge in [0.2, 0.25) is 0 Å². The number of hydrogen-bond donors (Lipinski definition) is 1. The second-order valence-electron chi connectivity index (χ2n) is 6.37. The lowest BCUT2D eigenvalue weighted by Gasteiger charge is -2.19. The van der Waals surface area contributed by atoms with E-state index in [1.54, 1.807) is 0 Å². The lowest BCUT2D eigenvalue weighted by Crippen LogP contribution is -2.24. The Morgan fingerprint density at radius 2 is 2.21 bits per heavy atom. The SMILES string of the molecule is CCOC(=O)c1c(CN2CCC(CO)C2)nc2ccccc2c1C. The minimum Gasteiger partial charge on any atom is -0.462 e. The molecule has 1 atom stereocenters. The van der Waals surface area contributed by atoms with E-state index >= 15 is 0 Å². The maximum Gasteiger partial charge on any atom is 0.340 e. The van der Waals surface area contributed by atoms with Gasteiger partial charge in [-0.3, -0.25) is 9.88 Å². The first-order chi connectivity index (χ1) is 11.6. The number of carbonyl (C=O) groups is 1. The number of aliphatic hydroxyl groups is 1. The zero-order chi connectivity index (χ0) is 17.1. The van der Waals surface area contributed by atoms with E-state index in [1.165, 1.54) is 0 Å². The van der Waals surface area contributed by atoms with E-state index in [9.17, 15) is 9.90 Å². The predicted octanol–water partition coefficient (Wildman–Crippen LogP) is 2.53. The maximum atomic E-state index is 12.5. The number of pyridine rings is 1. The van der Waals surface area contributed by atoms with Crippen molar-refractivity contribution in [2.24, 2.45) is 5.92 Å². The van der Waals surface area contributed by atoms with Crippen LogP contribution in [-0.2, 0) is 11.3 Å².